The van der Waals surface area contributed by atoms with Gasteiger partial charge in [0, 0.05) is 19.9 Å². The standard InChI is InChI=1S/C13H25NO2/c1-8-10(15)13(5,6)14(7)11(16)9-12(2,3)4/h8-9H2,1-7H3. The molecule has 0 unspecified atom stereocenters. The van der Waals surface area contributed by atoms with E-state index < -0.39 is 5.54 Å². The molecule has 0 heterocycles. The predicted octanol–water partition coefficient (Wildman–Crippen LogP) is 2.64. The number of nitrogens with zero attached hydrogens (tertiary/aromatic N) is 1. The molecule has 0 atom stereocenters. The fourth-order valence-electron chi connectivity index (χ4n) is 1.50. The molecule has 0 rings (SSSR count). The van der Waals surface area contributed by atoms with Crippen LogP contribution in [-0.2, 0) is 9.59 Å². The van der Waals surface area contributed by atoms with E-state index >= 15 is 0 Å². The molecule has 0 aliphatic carbocycles. The van der Waals surface area contributed by atoms with Crippen LogP contribution in [0.1, 0.15) is 54.4 Å². The highest BCUT2D eigenvalue weighted by molar-refractivity contribution is 5.92. The number of amides is 1. The van der Waals surface area contributed by atoms with Crippen molar-refractivity contribution in [1.29, 1.82) is 0 Å². The maximum atomic E-state index is 12.0. The minimum Gasteiger partial charge on any atom is -0.334 e. The molecule has 0 aromatic carbocycles. The average Bonchev–Trinajstić information content (AvgIpc) is 2.12. The van der Waals surface area contributed by atoms with E-state index in [-0.39, 0.29) is 17.1 Å². The number of hydrogen-bond donors (Lipinski definition) is 0. The third-order valence-corrected chi connectivity index (χ3v) is 2.90. The molecule has 3 heteroatoms. The summed E-state index contributed by atoms with van der Waals surface area (Å²) < 4.78 is 0. The quantitative estimate of drug-likeness (QED) is 0.740. The first-order valence-electron chi connectivity index (χ1n) is 5.82. The third-order valence-electron chi connectivity index (χ3n) is 2.90. The summed E-state index contributed by atoms with van der Waals surface area (Å²) in [5.41, 5.74) is -0.742. The lowest BCUT2D eigenvalue weighted by Gasteiger charge is -2.35. The van der Waals surface area contributed by atoms with Crippen molar-refractivity contribution >= 4 is 11.7 Å². The van der Waals surface area contributed by atoms with E-state index in [0.29, 0.717) is 12.8 Å². The summed E-state index contributed by atoms with van der Waals surface area (Å²) in [6, 6.07) is 0. The Morgan fingerprint density at radius 2 is 1.50 bits per heavy atom. The van der Waals surface area contributed by atoms with Crippen molar-refractivity contribution in [3.63, 3.8) is 0 Å². The van der Waals surface area contributed by atoms with Gasteiger partial charge in [-0.05, 0) is 19.3 Å². The van der Waals surface area contributed by atoms with Gasteiger partial charge in [-0.3, -0.25) is 9.59 Å². The van der Waals surface area contributed by atoms with E-state index in [9.17, 15) is 9.59 Å². The summed E-state index contributed by atoms with van der Waals surface area (Å²) in [7, 11) is 1.71. The van der Waals surface area contributed by atoms with Crippen LogP contribution in [0.4, 0.5) is 0 Å². The van der Waals surface area contributed by atoms with Crippen molar-refractivity contribution in [2.24, 2.45) is 5.41 Å². The zero-order valence-electron chi connectivity index (χ0n) is 11.7. The summed E-state index contributed by atoms with van der Waals surface area (Å²) in [5, 5.41) is 0. The molecule has 16 heavy (non-hydrogen) atoms. The van der Waals surface area contributed by atoms with Gasteiger partial charge in [0.05, 0.1) is 5.54 Å². The first-order chi connectivity index (χ1) is 7.02. The predicted molar refractivity (Wildman–Crippen MR) is 66.2 cm³/mol. The third kappa shape index (κ3) is 3.95. The maximum Gasteiger partial charge on any atom is 0.223 e. The number of carbonyl (C=O) groups is 2. The molecular formula is C13H25NO2. The monoisotopic (exact) mass is 227 g/mol. The molecule has 0 aliphatic heterocycles. The Bertz CT molecular complexity index is 274. The molecule has 0 bridgehead atoms. The van der Waals surface area contributed by atoms with Crippen molar-refractivity contribution in [2.75, 3.05) is 7.05 Å². The van der Waals surface area contributed by atoms with Crippen LogP contribution in [0, 0.1) is 5.41 Å². The van der Waals surface area contributed by atoms with E-state index in [4.69, 9.17) is 0 Å². The Labute approximate surface area is 99.2 Å². The largest absolute Gasteiger partial charge is 0.334 e. The van der Waals surface area contributed by atoms with Crippen molar-refractivity contribution in [1.82, 2.24) is 4.90 Å². The highest BCUT2D eigenvalue weighted by Gasteiger charge is 2.34. The van der Waals surface area contributed by atoms with E-state index in [1.54, 1.807) is 25.8 Å². The van der Waals surface area contributed by atoms with Crippen LogP contribution in [-0.4, -0.2) is 29.2 Å². The Morgan fingerprint density at radius 1 is 1.06 bits per heavy atom. The first-order valence-corrected chi connectivity index (χ1v) is 5.82. The van der Waals surface area contributed by atoms with Gasteiger partial charge in [-0.25, -0.2) is 0 Å². The average molecular weight is 227 g/mol. The second-order valence-electron chi connectivity index (χ2n) is 6.03. The Hall–Kier alpha value is -0.860. The minimum absolute atomic E-state index is 0.0271. The van der Waals surface area contributed by atoms with Crippen molar-refractivity contribution < 1.29 is 9.59 Å². The molecule has 0 radical (unpaired) electrons. The molecule has 0 N–H and O–H groups in total. The SMILES string of the molecule is CCC(=O)C(C)(C)N(C)C(=O)CC(C)(C)C. The Kier molecular flexibility index (Phi) is 4.71. The van der Waals surface area contributed by atoms with Gasteiger partial charge in [0.1, 0.15) is 0 Å². The van der Waals surface area contributed by atoms with Crippen LogP contribution in [0.5, 0.6) is 0 Å². The molecule has 0 spiro atoms. The number of hydrogen-bond acceptors (Lipinski definition) is 2. The van der Waals surface area contributed by atoms with Crippen molar-refractivity contribution in [3.05, 3.63) is 0 Å². The molecule has 0 aromatic heterocycles. The van der Waals surface area contributed by atoms with Gasteiger partial charge in [-0.1, -0.05) is 27.7 Å². The van der Waals surface area contributed by atoms with E-state index in [1.807, 2.05) is 27.7 Å². The number of Topliss-reactive ketones (excluding diaryl/α,β-unsaturated/α-hetero) is 1. The van der Waals surface area contributed by atoms with Crippen molar-refractivity contribution in [2.45, 2.75) is 59.9 Å². The second kappa shape index (κ2) is 4.98. The fraction of sp³-hybridized carbons (Fsp3) is 0.846. The highest BCUT2D eigenvalue weighted by Crippen LogP contribution is 2.23. The van der Waals surface area contributed by atoms with E-state index in [0.717, 1.165) is 0 Å². The van der Waals surface area contributed by atoms with E-state index in [1.165, 1.54) is 0 Å². The molecule has 0 saturated carbocycles. The molecular weight excluding hydrogens is 202 g/mol. The molecule has 0 aliphatic rings. The summed E-state index contributed by atoms with van der Waals surface area (Å²) in [6.45, 7) is 11.5. The molecule has 3 nitrogen and oxygen atoms in total. The molecule has 0 saturated heterocycles. The highest BCUT2D eigenvalue weighted by atomic mass is 16.2. The smallest absolute Gasteiger partial charge is 0.223 e. The van der Waals surface area contributed by atoms with Gasteiger partial charge in [-0.15, -0.1) is 0 Å². The van der Waals surface area contributed by atoms with Gasteiger partial charge in [0.2, 0.25) is 5.91 Å². The molecule has 0 aromatic rings. The first kappa shape index (κ1) is 15.1. The van der Waals surface area contributed by atoms with Gasteiger partial charge in [-0.2, -0.15) is 0 Å². The fourth-order valence-corrected chi connectivity index (χ4v) is 1.50. The lowest BCUT2D eigenvalue weighted by molar-refractivity contribution is -0.144. The van der Waals surface area contributed by atoms with Gasteiger partial charge < -0.3 is 4.90 Å². The number of likely N-dealkylation sites (N-methyl/N-ethyl adjacent to an activating group) is 1. The van der Waals surface area contributed by atoms with Crippen LogP contribution in [0.3, 0.4) is 0 Å². The topological polar surface area (TPSA) is 37.4 Å². The summed E-state index contributed by atoms with van der Waals surface area (Å²) in [6.07, 6.45) is 0.921. The van der Waals surface area contributed by atoms with Gasteiger partial charge >= 0.3 is 0 Å². The molecule has 94 valence electrons. The van der Waals surface area contributed by atoms with Gasteiger partial charge in [0.15, 0.2) is 5.78 Å². The molecule has 1 amide bonds. The lowest BCUT2D eigenvalue weighted by atomic mass is 9.89. The Morgan fingerprint density at radius 3 is 1.81 bits per heavy atom. The summed E-state index contributed by atoms with van der Waals surface area (Å²) in [4.78, 5) is 25.3. The Balaban J connectivity index is 4.73. The zero-order chi connectivity index (χ0) is 13.1. The number of rotatable bonds is 4. The van der Waals surface area contributed by atoms with Crippen molar-refractivity contribution in [3.8, 4) is 0 Å². The summed E-state index contributed by atoms with van der Waals surface area (Å²) >= 11 is 0. The summed E-state index contributed by atoms with van der Waals surface area (Å²) in [5.74, 6) is 0.122. The second-order valence-corrected chi connectivity index (χ2v) is 6.03. The van der Waals surface area contributed by atoms with Crippen LogP contribution in [0.25, 0.3) is 0 Å². The van der Waals surface area contributed by atoms with Crippen LogP contribution in [0.2, 0.25) is 0 Å². The maximum absolute atomic E-state index is 12.0. The zero-order valence-corrected chi connectivity index (χ0v) is 11.7. The van der Waals surface area contributed by atoms with Crippen LogP contribution in [0.15, 0.2) is 0 Å². The number of ketones is 1. The van der Waals surface area contributed by atoms with Crippen LogP contribution >= 0.6 is 0 Å². The molecule has 0 fully saturated rings. The minimum atomic E-state index is -0.697. The number of carbonyl (C=O) groups excluding carboxylic acids is 2. The van der Waals surface area contributed by atoms with Gasteiger partial charge in [0.25, 0.3) is 0 Å². The van der Waals surface area contributed by atoms with E-state index in [2.05, 4.69) is 0 Å². The normalized spacial score (nSPS) is 12.4. The lowest BCUT2D eigenvalue weighted by Crippen LogP contribution is -2.51. The van der Waals surface area contributed by atoms with Crippen LogP contribution < -0.4 is 0 Å².